The molecule has 144 valence electrons. The number of nitrogens with zero attached hydrogens (tertiary/aromatic N) is 5. The Morgan fingerprint density at radius 3 is 2.56 bits per heavy atom. The number of pyridine rings is 1. The average molecular weight is 368 g/mol. The van der Waals surface area contributed by atoms with Gasteiger partial charge in [0, 0.05) is 75.8 Å². The first kappa shape index (κ1) is 18.0. The first-order chi connectivity index (χ1) is 13.2. The van der Waals surface area contributed by atoms with Crippen LogP contribution in [0, 0.1) is 0 Å². The van der Waals surface area contributed by atoms with E-state index >= 15 is 0 Å². The van der Waals surface area contributed by atoms with Crippen molar-refractivity contribution >= 4 is 11.5 Å². The standard InChI is InChI=1S/C20H28N6O/c1-24-14-10-22-19(20(24)27)26-11-2-3-17(15-26)23-16-6-12-25(13-7-16)18-4-8-21-9-5-18/h4-5,8-10,14,16-17,23H,2-3,6-7,11-13,15H2,1H3. The number of anilines is 2. The molecule has 0 spiro atoms. The molecule has 1 atom stereocenters. The molecule has 0 bridgehead atoms. The molecule has 0 saturated carbocycles. The van der Waals surface area contributed by atoms with Crippen molar-refractivity contribution in [2.24, 2.45) is 7.05 Å². The molecule has 2 saturated heterocycles. The molecule has 27 heavy (non-hydrogen) atoms. The van der Waals surface area contributed by atoms with E-state index < -0.39 is 0 Å². The minimum atomic E-state index is -0.0104. The molecule has 7 heteroatoms. The predicted octanol–water partition coefficient (Wildman–Crippen LogP) is 1.40. The van der Waals surface area contributed by atoms with Gasteiger partial charge in [-0.3, -0.25) is 9.78 Å². The fourth-order valence-electron chi connectivity index (χ4n) is 4.20. The fourth-order valence-corrected chi connectivity index (χ4v) is 4.20. The van der Waals surface area contributed by atoms with Gasteiger partial charge in [0.1, 0.15) is 0 Å². The Morgan fingerprint density at radius 1 is 1.00 bits per heavy atom. The predicted molar refractivity (Wildman–Crippen MR) is 107 cm³/mol. The van der Waals surface area contributed by atoms with Crippen LogP contribution in [-0.2, 0) is 7.05 Å². The number of piperidine rings is 2. The molecule has 2 aliphatic rings. The molecular weight excluding hydrogens is 340 g/mol. The van der Waals surface area contributed by atoms with E-state index in [4.69, 9.17) is 0 Å². The third kappa shape index (κ3) is 4.13. The second kappa shape index (κ2) is 8.08. The van der Waals surface area contributed by atoms with Gasteiger partial charge in [0.05, 0.1) is 0 Å². The van der Waals surface area contributed by atoms with Gasteiger partial charge < -0.3 is 19.7 Å². The second-order valence-electron chi connectivity index (χ2n) is 7.59. The highest BCUT2D eigenvalue weighted by Gasteiger charge is 2.26. The summed E-state index contributed by atoms with van der Waals surface area (Å²) in [4.78, 5) is 25.4. The van der Waals surface area contributed by atoms with E-state index in [-0.39, 0.29) is 5.56 Å². The summed E-state index contributed by atoms with van der Waals surface area (Å²) in [5, 5.41) is 3.85. The minimum absolute atomic E-state index is 0.0104. The Bertz CT molecular complexity index is 800. The number of aromatic nitrogens is 3. The van der Waals surface area contributed by atoms with E-state index in [9.17, 15) is 4.79 Å². The van der Waals surface area contributed by atoms with Gasteiger partial charge in [0.25, 0.3) is 5.56 Å². The monoisotopic (exact) mass is 368 g/mol. The normalized spacial score (nSPS) is 21.4. The van der Waals surface area contributed by atoms with Crippen molar-refractivity contribution in [3.05, 3.63) is 47.3 Å². The smallest absolute Gasteiger partial charge is 0.293 e. The van der Waals surface area contributed by atoms with Crippen LogP contribution in [0.3, 0.4) is 0 Å². The highest BCUT2D eigenvalue weighted by atomic mass is 16.1. The summed E-state index contributed by atoms with van der Waals surface area (Å²) in [6, 6.07) is 5.13. The van der Waals surface area contributed by atoms with Crippen molar-refractivity contribution in [3.63, 3.8) is 0 Å². The lowest BCUT2D eigenvalue weighted by molar-refractivity contribution is 0.333. The summed E-state index contributed by atoms with van der Waals surface area (Å²) in [6.45, 7) is 3.90. The van der Waals surface area contributed by atoms with Crippen LogP contribution >= 0.6 is 0 Å². The molecule has 2 aromatic rings. The Labute approximate surface area is 160 Å². The van der Waals surface area contributed by atoms with Gasteiger partial charge in [-0.1, -0.05) is 0 Å². The Hall–Kier alpha value is -2.41. The molecule has 0 radical (unpaired) electrons. The maximum Gasteiger partial charge on any atom is 0.293 e. The fraction of sp³-hybridized carbons (Fsp3) is 0.550. The average Bonchev–Trinajstić information content (AvgIpc) is 2.71. The van der Waals surface area contributed by atoms with Crippen LogP contribution in [0.2, 0.25) is 0 Å². The highest BCUT2D eigenvalue weighted by molar-refractivity contribution is 5.45. The zero-order valence-corrected chi connectivity index (χ0v) is 15.9. The first-order valence-electron chi connectivity index (χ1n) is 9.88. The Kier molecular flexibility index (Phi) is 5.38. The molecule has 0 aromatic carbocycles. The molecule has 2 fully saturated rings. The second-order valence-corrected chi connectivity index (χ2v) is 7.59. The van der Waals surface area contributed by atoms with Gasteiger partial charge in [0.15, 0.2) is 5.82 Å². The topological polar surface area (TPSA) is 66.3 Å². The molecule has 7 nitrogen and oxygen atoms in total. The van der Waals surface area contributed by atoms with Crippen molar-refractivity contribution < 1.29 is 0 Å². The van der Waals surface area contributed by atoms with Gasteiger partial charge in [-0.25, -0.2) is 4.98 Å². The molecule has 0 amide bonds. The summed E-state index contributed by atoms with van der Waals surface area (Å²) in [5.41, 5.74) is 1.25. The van der Waals surface area contributed by atoms with Crippen molar-refractivity contribution in [2.75, 3.05) is 36.0 Å². The lowest BCUT2D eigenvalue weighted by Crippen LogP contribution is -2.53. The lowest BCUT2D eigenvalue weighted by Gasteiger charge is -2.39. The summed E-state index contributed by atoms with van der Waals surface area (Å²) in [6.07, 6.45) is 11.7. The molecule has 2 aromatic heterocycles. The van der Waals surface area contributed by atoms with E-state index in [1.165, 1.54) is 5.69 Å². The molecule has 2 aliphatic heterocycles. The van der Waals surface area contributed by atoms with Crippen molar-refractivity contribution in [1.29, 1.82) is 0 Å². The largest absolute Gasteiger partial charge is 0.371 e. The van der Waals surface area contributed by atoms with E-state index in [1.54, 1.807) is 24.0 Å². The van der Waals surface area contributed by atoms with Crippen LogP contribution in [-0.4, -0.2) is 52.8 Å². The maximum absolute atomic E-state index is 12.4. The number of nitrogens with one attached hydrogen (secondary N) is 1. The SMILES string of the molecule is Cn1ccnc(N2CCCC(NC3CCN(c4ccncc4)CC3)C2)c1=O. The minimum Gasteiger partial charge on any atom is -0.371 e. The van der Waals surface area contributed by atoms with Crippen molar-refractivity contribution in [3.8, 4) is 0 Å². The summed E-state index contributed by atoms with van der Waals surface area (Å²) in [5.74, 6) is 0.582. The van der Waals surface area contributed by atoms with Gasteiger partial charge in [-0.15, -0.1) is 0 Å². The summed E-state index contributed by atoms with van der Waals surface area (Å²) in [7, 11) is 1.78. The number of rotatable bonds is 4. The van der Waals surface area contributed by atoms with E-state index in [1.807, 2.05) is 12.4 Å². The number of hydrogen-bond donors (Lipinski definition) is 1. The Balaban J connectivity index is 1.32. The van der Waals surface area contributed by atoms with Crippen LogP contribution < -0.4 is 20.7 Å². The van der Waals surface area contributed by atoms with Gasteiger partial charge in [-0.2, -0.15) is 0 Å². The van der Waals surface area contributed by atoms with Crippen LogP contribution in [0.15, 0.2) is 41.7 Å². The first-order valence-corrected chi connectivity index (χ1v) is 9.88. The molecule has 0 aliphatic carbocycles. The molecular formula is C20H28N6O. The molecule has 4 rings (SSSR count). The van der Waals surface area contributed by atoms with Gasteiger partial charge in [0.2, 0.25) is 0 Å². The Morgan fingerprint density at radius 2 is 1.78 bits per heavy atom. The van der Waals surface area contributed by atoms with Crippen molar-refractivity contribution in [1.82, 2.24) is 19.9 Å². The van der Waals surface area contributed by atoms with Crippen LogP contribution in [0.5, 0.6) is 0 Å². The quantitative estimate of drug-likeness (QED) is 0.880. The van der Waals surface area contributed by atoms with E-state index in [2.05, 4.69) is 37.2 Å². The molecule has 1 N–H and O–H groups in total. The van der Waals surface area contributed by atoms with Crippen molar-refractivity contribution in [2.45, 2.75) is 37.8 Å². The van der Waals surface area contributed by atoms with E-state index in [0.29, 0.717) is 17.9 Å². The van der Waals surface area contributed by atoms with Crippen LogP contribution in [0.4, 0.5) is 11.5 Å². The highest BCUT2D eigenvalue weighted by Crippen LogP contribution is 2.21. The van der Waals surface area contributed by atoms with E-state index in [0.717, 1.165) is 51.9 Å². The molecule has 1 unspecified atom stereocenters. The zero-order valence-electron chi connectivity index (χ0n) is 15.9. The number of aryl methyl sites for hydroxylation is 1. The number of hydrogen-bond acceptors (Lipinski definition) is 6. The van der Waals surface area contributed by atoms with Crippen LogP contribution in [0.1, 0.15) is 25.7 Å². The lowest BCUT2D eigenvalue weighted by atomic mass is 10.00. The maximum atomic E-state index is 12.4. The molecule has 4 heterocycles. The van der Waals surface area contributed by atoms with Gasteiger partial charge >= 0.3 is 0 Å². The summed E-state index contributed by atoms with van der Waals surface area (Å²) < 4.78 is 1.61. The third-order valence-corrected chi connectivity index (χ3v) is 5.71. The third-order valence-electron chi connectivity index (χ3n) is 5.71. The van der Waals surface area contributed by atoms with Crippen LogP contribution in [0.25, 0.3) is 0 Å². The van der Waals surface area contributed by atoms with Gasteiger partial charge in [-0.05, 0) is 37.8 Å². The summed E-state index contributed by atoms with van der Waals surface area (Å²) >= 11 is 0. The zero-order chi connectivity index (χ0) is 18.6.